The van der Waals surface area contributed by atoms with Gasteiger partial charge in [-0.1, -0.05) is 24.2 Å². The molecule has 0 radical (unpaired) electrons. The molecule has 9 heteroatoms. The van der Waals surface area contributed by atoms with Crippen LogP contribution in [-0.4, -0.2) is 40.3 Å². The largest absolute Gasteiger partial charge is 0.494 e. The fraction of sp³-hybridized carbons (Fsp3) is 0.368. The predicted molar refractivity (Wildman–Crippen MR) is 96.1 cm³/mol. The SMILES string of the molecule is CCOc1ccc([C@H]2NC(=O)N(Cc3nc(CC)no3)C3=C2C(=O)OC3)cc1. The van der Waals surface area contributed by atoms with Crippen LogP contribution in [0.4, 0.5) is 4.79 Å². The molecule has 0 bridgehead atoms. The second kappa shape index (κ2) is 7.34. The van der Waals surface area contributed by atoms with Gasteiger partial charge in [-0.05, 0) is 24.6 Å². The highest BCUT2D eigenvalue weighted by molar-refractivity contribution is 5.97. The standard InChI is InChI=1S/C19H20N4O5/c1-3-14-20-15(28-22-14)9-23-13-10-27-18(24)16(13)17(21-19(23)25)11-5-7-12(8-6-11)26-4-2/h5-8,17H,3-4,9-10H2,1-2H3,(H,21,25)/t17-/m1/s1. The van der Waals surface area contributed by atoms with Gasteiger partial charge in [-0.3, -0.25) is 4.90 Å². The first-order chi connectivity index (χ1) is 13.6. The van der Waals surface area contributed by atoms with E-state index in [1.54, 1.807) is 0 Å². The van der Waals surface area contributed by atoms with Crippen LogP contribution in [0.5, 0.6) is 5.75 Å². The number of hydrogen-bond donors (Lipinski definition) is 1. The zero-order valence-electron chi connectivity index (χ0n) is 15.6. The van der Waals surface area contributed by atoms with E-state index in [1.165, 1.54) is 4.90 Å². The number of aryl methyl sites for hydroxylation is 1. The maximum Gasteiger partial charge on any atom is 0.338 e. The topological polar surface area (TPSA) is 107 Å². The number of cyclic esters (lactones) is 1. The van der Waals surface area contributed by atoms with E-state index in [4.69, 9.17) is 14.0 Å². The van der Waals surface area contributed by atoms with Crippen LogP contribution in [0.1, 0.15) is 37.2 Å². The average molecular weight is 384 g/mol. The van der Waals surface area contributed by atoms with Gasteiger partial charge in [-0.2, -0.15) is 4.98 Å². The Kier molecular flexibility index (Phi) is 4.72. The smallest absolute Gasteiger partial charge is 0.338 e. The van der Waals surface area contributed by atoms with Crippen molar-refractivity contribution in [2.75, 3.05) is 13.2 Å². The number of aromatic nitrogens is 2. The highest BCUT2D eigenvalue weighted by Gasteiger charge is 2.42. The first kappa shape index (κ1) is 18.0. The third-order valence-corrected chi connectivity index (χ3v) is 4.64. The number of nitrogens with one attached hydrogen (secondary N) is 1. The number of rotatable bonds is 6. The summed E-state index contributed by atoms with van der Waals surface area (Å²) in [7, 11) is 0. The van der Waals surface area contributed by atoms with Gasteiger partial charge >= 0.3 is 12.0 Å². The van der Waals surface area contributed by atoms with Crippen molar-refractivity contribution in [1.82, 2.24) is 20.4 Å². The molecule has 1 aromatic carbocycles. The third-order valence-electron chi connectivity index (χ3n) is 4.64. The summed E-state index contributed by atoms with van der Waals surface area (Å²) in [6, 6.07) is 6.33. The first-order valence-electron chi connectivity index (χ1n) is 9.13. The van der Waals surface area contributed by atoms with Crippen LogP contribution in [0.15, 0.2) is 40.1 Å². The Labute approximate surface area is 161 Å². The lowest BCUT2D eigenvalue weighted by Crippen LogP contribution is -2.46. The van der Waals surface area contributed by atoms with E-state index in [9.17, 15) is 9.59 Å². The molecule has 0 saturated carbocycles. The minimum atomic E-state index is -0.585. The normalized spacial score (nSPS) is 18.8. The molecular weight excluding hydrogens is 364 g/mol. The monoisotopic (exact) mass is 384 g/mol. The maximum atomic E-state index is 12.8. The highest BCUT2D eigenvalue weighted by Crippen LogP contribution is 2.36. The molecule has 146 valence electrons. The lowest BCUT2D eigenvalue weighted by Gasteiger charge is -2.32. The molecule has 2 aliphatic rings. The van der Waals surface area contributed by atoms with E-state index in [1.807, 2.05) is 38.1 Å². The molecule has 1 aromatic heterocycles. The van der Waals surface area contributed by atoms with E-state index >= 15 is 0 Å². The molecule has 0 fully saturated rings. The van der Waals surface area contributed by atoms with E-state index in [0.717, 1.165) is 11.3 Å². The quantitative estimate of drug-likeness (QED) is 0.760. The van der Waals surface area contributed by atoms with Gasteiger partial charge < -0.3 is 19.3 Å². The van der Waals surface area contributed by atoms with Gasteiger partial charge in [-0.15, -0.1) is 0 Å². The van der Waals surface area contributed by atoms with Crippen molar-refractivity contribution in [3.8, 4) is 5.75 Å². The van der Waals surface area contributed by atoms with Crippen molar-refractivity contribution in [2.45, 2.75) is 32.9 Å². The van der Waals surface area contributed by atoms with E-state index in [0.29, 0.717) is 36.0 Å². The lowest BCUT2D eigenvalue weighted by atomic mass is 9.95. The van der Waals surface area contributed by atoms with Gasteiger partial charge in [0.1, 0.15) is 18.9 Å². The molecule has 4 rings (SSSR count). The molecular formula is C19H20N4O5. The van der Waals surface area contributed by atoms with Gasteiger partial charge in [0.2, 0.25) is 5.89 Å². The van der Waals surface area contributed by atoms with E-state index in [2.05, 4.69) is 15.5 Å². The number of esters is 1. The summed E-state index contributed by atoms with van der Waals surface area (Å²) in [5.74, 6) is 1.14. The van der Waals surface area contributed by atoms with Gasteiger partial charge in [0, 0.05) is 6.42 Å². The summed E-state index contributed by atoms with van der Waals surface area (Å²) in [4.78, 5) is 30.8. The number of amides is 2. The number of carbonyl (C=O) groups is 2. The molecule has 2 aliphatic heterocycles. The van der Waals surface area contributed by atoms with Crippen molar-refractivity contribution in [3.05, 3.63) is 52.8 Å². The zero-order valence-corrected chi connectivity index (χ0v) is 15.6. The molecule has 2 aromatic rings. The Morgan fingerprint density at radius 2 is 2.04 bits per heavy atom. The predicted octanol–water partition coefficient (Wildman–Crippen LogP) is 2.11. The van der Waals surface area contributed by atoms with Crippen molar-refractivity contribution >= 4 is 12.0 Å². The second-order valence-corrected chi connectivity index (χ2v) is 6.37. The molecule has 0 aliphatic carbocycles. The Morgan fingerprint density at radius 3 is 2.71 bits per heavy atom. The van der Waals surface area contributed by atoms with Crippen LogP contribution < -0.4 is 10.1 Å². The van der Waals surface area contributed by atoms with Crippen LogP contribution in [0.25, 0.3) is 0 Å². The molecule has 1 N–H and O–H groups in total. The lowest BCUT2D eigenvalue weighted by molar-refractivity contribution is -0.136. The number of benzene rings is 1. The maximum absolute atomic E-state index is 12.8. The van der Waals surface area contributed by atoms with Gasteiger partial charge in [0.15, 0.2) is 5.82 Å². The number of nitrogens with zero attached hydrogens (tertiary/aromatic N) is 3. The van der Waals surface area contributed by atoms with Gasteiger partial charge in [0.05, 0.1) is 23.9 Å². The zero-order chi connectivity index (χ0) is 19.7. The summed E-state index contributed by atoms with van der Waals surface area (Å²) in [6.07, 6.45) is 0.630. The van der Waals surface area contributed by atoms with Crippen LogP contribution in [-0.2, 0) is 22.5 Å². The van der Waals surface area contributed by atoms with Crippen molar-refractivity contribution in [2.24, 2.45) is 0 Å². The van der Waals surface area contributed by atoms with Crippen molar-refractivity contribution < 1.29 is 23.6 Å². The second-order valence-electron chi connectivity index (χ2n) is 6.37. The number of ether oxygens (including phenoxy) is 2. The van der Waals surface area contributed by atoms with Crippen LogP contribution in [0.2, 0.25) is 0 Å². The van der Waals surface area contributed by atoms with Gasteiger partial charge in [0.25, 0.3) is 0 Å². The van der Waals surface area contributed by atoms with Crippen molar-refractivity contribution in [3.63, 3.8) is 0 Å². The summed E-state index contributed by atoms with van der Waals surface area (Å²) in [5.41, 5.74) is 1.71. The Morgan fingerprint density at radius 1 is 1.25 bits per heavy atom. The van der Waals surface area contributed by atoms with Gasteiger partial charge in [-0.25, -0.2) is 9.59 Å². The average Bonchev–Trinajstić information content (AvgIpc) is 3.31. The fourth-order valence-electron chi connectivity index (χ4n) is 3.28. The fourth-order valence-corrected chi connectivity index (χ4v) is 3.28. The molecule has 0 spiro atoms. The van der Waals surface area contributed by atoms with Crippen LogP contribution in [0.3, 0.4) is 0 Å². The third kappa shape index (κ3) is 3.19. The molecule has 28 heavy (non-hydrogen) atoms. The molecule has 0 saturated heterocycles. The minimum Gasteiger partial charge on any atom is -0.494 e. The van der Waals surface area contributed by atoms with Crippen molar-refractivity contribution in [1.29, 1.82) is 0 Å². The Hall–Kier alpha value is -3.36. The Balaban J connectivity index is 1.65. The number of carbonyl (C=O) groups excluding carboxylic acids is 2. The summed E-state index contributed by atoms with van der Waals surface area (Å²) >= 11 is 0. The van der Waals surface area contributed by atoms with E-state index < -0.39 is 12.0 Å². The molecule has 0 unspecified atom stereocenters. The molecule has 9 nitrogen and oxygen atoms in total. The molecule has 2 amide bonds. The summed E-state index contributed by atoms with van der Waals surface area (Å²) < 4.78 is 15.9. The Bertz CT molecular complexity index is 934. The molecule has 1 atom stereocenters. The molecule has 3 heterocycles. The number of hydrogen-bond acceptors (Lipinski definition) is 7. The summed E-state index contributed by atoms with van der Waals surface area (Å²) in [5, 5.41) is 6.72. The summed E-state index contributed by atoms with van der Waals surface area (Å²) in [6.45, 7) is 4.48. The first-order valence-corrected chi connectivity index (χ1v) is 9.13. The van der Waals surface area contributed by atoms with Crippen LogP contribution in [0, 0.1) is 0 Å². The van der Waals surface area contributed by atoms with Crippen LogP contribution >= 0.6 is 0 Å². The van der Waals surface area contributed by atoms with E-state index in [-0.39, 0.29) is 19.2 Å². The minimum absolute atomic E-state index is 0.0316. The number of urea groups is 1. The highest BCUT2D eigenvalue weighted by atomic mass is 16.5.